The Balaban J connectivity index is 2.57. The van der Waals surface area contributed by atoms with Crippen molar-refractivity contribution in [1.82, 2.24) is 15.1 Å². The summed E-state index contributed by atoms with van der Waals surface area (Å²) in [7, 11) is 0. The van der Waals surface area contributed by atoms with Gasteiger partial charge in [0.05, 0.1) is 19.1 Å². The third-order valence-corrected chi connectivity index (χ3v) is 3.21. The Bertz CT molecular complexity index is 333. The lowest BCUT2D eigenvalue weighted by atomic mass is 10.1. The molecule has 1 saturated heterocycles. The monoisotopic (exact) mass is 269 g/mol. The summed E-state index contributed by atoms with van der Waals surface area (Å²) in [5, 5.41) is 12.0. The topological polar surface area (TPSA) is 72.9 Å². The SMILES string of the molecule is C=CCN1CCNC(CC(=O)N(CC)CCO)C1=O. The second-order valence-corrected chi connectivity index (χ2v) is 4.48. The summed E-state index contributed by atoms with van der Waals surface area (Å²) in [5.74, 6) is -0.164. The Hall–Kier alpha value is -1.40. The van der Waals surface area contributed by atoms with Crippen LogP contribution in [-0.4, -0.2) is 72.1 Å². The molecule has 0 aromatic rings. The second-order valence-electron chi connectivity index (χ2n) is 4.48. The number of carbonyl (C=O) groups excluding carboxylic acids is 2. The van der Waals surface area contributed by atoms with Crippen LogP contribution in [0, 0.1) is 0 Å². The Morgan fingerprint density at radius 3 is 3.00 bits per heavy atom. The van der Waals surface area contributed by atoms with Crippen LogP contribution in [0.25, 0.3) is 0 Å². The van der Waals surface area contributed by atoms with Crippen LogP contribution in [0.5, 0.6) is 0 Å². The van der Waals surface area contributed by atoms with E-state index in [1.54, 1.807) is 15.9 Å². The van der Waals surface area contributed by atoms with Crippen LogP contribution < -0.4 is 5.32 Å². The average Bonchev–Trinajstić information content (AvgIpc) is 2.40. The lowest BCUT2D eigenvalue weighted by Gasteiger charge is -2.33. The molecule has 1 fully saturated rings. The Morgan fingerprint density at radius 1 is 1.68 bits per heavy atom. The minimum absolute atomic E-state index is 0.0560. The molecule has 6 heteroatoms. The summed E-state index contributed by atoms with van der Waals surface area (Å²) in [6.45, 7) is 8.11. The number of carbonyl (C=O) groups is 2. The Labute approximate surface area is 114 Å². The number of aliphatic hydroxyl groups is 1. The van der Waals surface area contributed by atoms with E-state index in [-0.39, 0.29) is 24.8 Å². The van der Waals surface area contributed by atoms with E-state index in [1.165, 1.54) is 0 Å². The molecule has 1 rings (SSSR count). The van der Waals surface area contributed by atoms with Crippen LogP contribution in [0.3, 0.4) is 0 Å². The number of nitrogens with zero attached hydrogens (tertiary/aromatic N) is 2. The number of amides is 2. The van der Waals surface area contributed by atoms with Gasteiger partial charge in [0.15, 0.2) is 0 Å². The number of hydrogen-bond donors (Lipinski definition) is 2. The van der Waals surface area contributed by atoms with Gasteiger partial charge in [-0.25, -0.2) is 0 Å². The molecule has 0 aliphatic carbocycles. The number of aliphatic hydroxyl groups excluding tert-OH is 1. The first kappa shape index (κ1) is 15.7. The molecule has 2 amide bonds. The molecule has 1 atom stereocenters. The Kier molecular flexibility index (Phi) is 6.52. The van der Waals surface area contributed by atoms with Crippen LogP contribution >= 0.6 is 0 Å². The third kappa shape index (κ3) is 4.33. The average molecular weight is 269 g/mol. The lowest BCUT2D eigenvalue weighted by Crippen LogP contribution is -2.56. The van der Waals surface area contributed by atoms with E-state index < -0.39 is 6.04 Å². The fourth-order valence-electron chi connectivity index (χ4n) is 2.17. The molecule has 19 heavy (non-hydrogen) atoms. The summed E-state index contributed by atoms with van der Waals surface area (Å²) in [4.78, 5) is 27.4. The number of piperazine rings is 1. The first-order valence-corrected chi connectivity index (χ1v) is 6.65. The van der Waals surface area contributed by atoms with Crippen molar-refractivity contribution < 1.29 is 14.7 Å². The van der Waals surface area contributed by atoms with Gasteiger partial charge >= 0.3 is 0 Å². The lowest BCUT2D eigenvalue weighted by molar-refractivity contribution is -0.140. The van der Waals surface area contributed by atoms with Crippen molar-refractivity contribution >= 4 is 11.8 Å². The van der Waals surface area contributed by atoms with Gasteiger partial charge in [-0.3, -0.25) is 9.59 Å². The van der Waals surface area contributed by atoms with Gasteiger partial charge in [0, 0.05) is 32.7 Å². The number of rotatable bonds is 7. The molecule has 0 spiro atoms. The molecule has 1 heterocycles. The standard InChI is InChI=1S/C13H23N3O3/c1-3-6-16-7-5-14-11(13(16)19)10-12(18)15(4-2)8-9-17/h3,11,14,17H,1,4-10H2,2H3. The van der Waals surface area contributed by atoms with E-state index in [0.717, 1.165) is 0 Å². The highest BCUT2D eigenvalue weighted by Gasteiger charge is 2.30. The molecule has 0 aromatic carbocycles. The van der Waals surface area contributed by atoms with Gasteiger partial charge in [-0.05, 0) is 6.92 Å². The molecule has 0 aromatic heterocycles. The normalized spacial score (nSPS) is 19.4. The maximum Gasteiger partial charge on any atom is 0.240 e. The van der Waals surface area contributed by atoms with E-state index in [4.69, 9.17) is 5.11 Å². The van der Waals surface area contributed by atoms with Crippen LogP contribution in [0.1, 0.15) is 13.3 Å². The predicted octanol–water partition coefficient (Wildman–Crippen LogP) is -0.796. The zero-order valence-electron chi connectivity index (χ0n) is 11.5. The van der Waals surface area contributed by atoms with Gasteiger partial charge in [-0.15, -0.1) is 6.58 Å². The van der Waals surface area contributed by atoms with E-state index in [9.17, 15) is 9.59 Å². The molecule has 1 aliphatic rings. The molecule has 0 bridgehead atoms. The van der Waals surface area contributed by atoms with Gasteiger partial charge in [-0.1, -0.05) is 6.08 Å². The van der Waals surface area contributed by atoms with Crippen molar-refractivity contribution in [2.75, 3.05) is 39.3 Å². The van der Waals surface area contributed by atoms with Gasteiger partial charge in [0.1, 0.15) is 0 Å². The van der Waals surface area contributed by atoms with Crippen LogP contribution in [0.4, 0.5) is 0 Å². The maximum atomic E-state index is 12.1. The first-order chi connectivity index (χ1) is 9.13. The number of hydrogen-bond acceptors (Lipinski definition) is 4. The molecule has 108 valence electrons. The predicted molar refractivity (Wildman–Crippen MR) is 72.5 cm³/mol. The van der Waals surface area contributed by atoms with Crippen molar-refractivity contribution in [2.24, 2.45) is 0 Å². The quantitative estimate of drug-likeness (QED) is 0.594. The third-order valence-electron chi connectivity index (χ3n) is 3.21. The zero-order valence-corrected chi connectivity index (χ0v) is 11.5. The van der Waals surface area contributed by atoms with Gasteiger partial charge in [0.25, 0.3) is 0 Å². The number of likely N-dealkylation sites (N-methyl/N-ethyl adjacent to an activating group) is 1. The first-order valence-electron chi connectivity index (χ1n) is 6.65. The highest BCUT2D eigenvalue weighted by Crippen LogP contribution is 2.07. The minimum atomic E-state index is -0.464. The highest BCUT2D eigenvalue weighted by molar-refractivity contribution is 5.89. The summed E-state index contributed by atoms with van der Waals surface area (Å²) in [5.41, 5.74) is 0. The molecule has 2 N–H and O–H groups in total. The second kappa shape index (κ2) is 7.91. The van der Waals surface area contributed by atoms with Crippen LogP contribution in [-0.2, 0) is 9.59 Å². The number of nitrogens with one attached hydrogen (secondary N) is 1. The van der Waals surface area contributed by atoms with E-state index in [1.807, 2.05) is 6.92 Å². The van der Waals surface area contributed by atoms with E-state index in [0.29, 0.717) is 32.7 Å². The van der Waals surface area contributed by atoms with Crippen molar-refractivity contribution in [3.8, 4) is 0 Å². The van der Waals surface area contributed by atoms with Crippen LogP contribution in [0.15, 0.2) is 12.7 Å². The summed E-state index contributed by atoms with van der Waals surface area (Å²) >= 11 is 0. The molecular formula is C13H23N3O3. The molecule has 0 saturated carbocycles. The van der Waals surface area contributed by atoms with Crippen LogP contribution in [0.2, 0.25) is 0 Å². The van der Waals surface area contributed by atoms with E-state index in [2.05, 4.69) is 11.9 Å². The summed E-state index contributed by atoms with van der Waals surface area (Å²) in [6, 6.07) is -0.464. The molecule has 1 unspecified atom stereocenters. The molecule has 6 nitrogen and oxygen atoms in total. The zero-order chi connectivity index (χ0) is 14.3. The largest absolute Gasteiger partial charge is 0.395 e. The minimum Gasteiger partial charge on any atom is -0.395 e. The fourth-order valence-corrected chi connectivity index (χ4v) is 2.17. The van der Waals surface area contributed by atoms with Gasteiger partial charge in [0.2, 0.25) is 11.8 Å². The summed E-state index contributed by atoms with van der Waals surface area (Å²) in [6.07, 6.45) is 1.83. The van der Waals surface area contributed by atoms with Crippen molar-refractivity contribution in [3.05, 3.63) is 12.7 Å². The molecule has 1 aliphatic heterocycles. The maximum absolute atomic E-state index is 12.1. The smallest absolute Gasteiger partial charge is 0.240 e. The fraction of sp³-hybridized carbons (Fsp3) is 0.692. The molecular weight excluding hydrogens is 246 g/mol. The van der Waals surface area contributed by atoms with Gasteiger partial charge < -0.3 is 20.2 Å². The van der Waals surface area contributed by atoms with Gasteiger partial charge in [-0.2, -0.15) is 0 Å². The van der Waals surface area contributed by atoms with E-state index >= 15 is 0 Å². The van der Waals surface area contributed by atoms with Crippen molar-refractivity contribution in [3.63, 3.8) is 0 Å². The summed E-state index contributed by atoms with van der Waals surface area (Å²) < 4.78 is 0. The Morgan fingerprint density at radius 2 is 2.42 bits per heavy atom. The molecule has 0 radical (unpaired) electrons. The van der Waals surface area contributed by atoms with Crippen molar-refractivity contribution in [1.29, 1.82) is 0 Å². The highest BCUT2D eigenvalue weighted by atomic mass is 16.3. The van der Waals surface area contributed by atoms with Crippen molar-refractivity contribution in [2.45, 2.75) is 19.4 Å².